The van der Waals surface area contributed by atoms with Gasteiger partial charge < -0.3 is 19.7 Å². The molecule has 0 aromatic heterocycles. The molecule has 5 rings (SSSR count). The van der Waals surface area contributed by atoms with E-state index >= 15 is 0 Å². The van der Waals surface area contributed by atoms with Gasteiger partial charge in [0.05, 0.1) is 0 Å². The molecule has 3 aromatic carbocycles. The third kappa shape index (κ3) is 4.42. The highest BCUT2D eigenvalue weighted by Gasteiger charge is 2.34. The summed E-state index contributed by atoms with van der Waals surface area (Å²) in [4.78, 5) is 28.1. The molecular weight excluding hydrogens is 416 g/mol. The van der Waals surface area contributed by atoms with E-state index in [9.17, 15) is 9.59 Å². The van der Waals surface area contributed by atoms with Crippen molar-refractivity contribution >= 4 is 17.5 Å². The Labute approximate surface area is 193 Å². The van der Waals surface area contributed by atoms with Crippen LogP contribution in [0.15, 0.2) is 78.9 Å². The minimum Gasteiger partial charge on any atom is -0.480 e. The molecular formula is C27H26N2O4. The quantitative estimate of drug-likeness (QED) is 0.634. The second-order valence-electron chi connectivity index (χ2n) is 8.53. The lowest BCUT2D eigenvalue weighted by Crippen LogP contribution is -2.50. The van der Waals surface area contributed by atoms with E-state index in [1.54, 1.807) is 4.90 Å². The lowest BCUT2D eigenvalue weighted by Gasteiger charge is -2.29. The summed E-state index contributed by atoms with van der Waals surface area (Å²) in [5.41, 5.74) is 2.83. The maximum atomic E-state index is 13.5. The molecule has 2 aliphatic heterocycles. The van der Waals surface area contributed by atoms with Crippen LogP contribution in [0.2, 0.25) is 0 Å². The second-order valence-corrected chi connectivity index (χ2v) is 8.53. The number of rotatable bonds is 6. The van der Waals surface area contributed by atoms with Crippen molar-refractivity contribution in [1.29, 1.82) is 0 Å². The number of nitrogens with one attached hydrogen (secondary N) is 1. The number of fused-ring (bicyclic) bond motifs is 2. The van der Waals surface area contributed by atoms with Gasteiger partial charge in [0.2, 0.25) is 0 Å². The van der Waals surface area contributed by atoms with E-state index in [1.165, 1.54) is 0 Å². The number of anilines is 1. The summed E-state index contributed by atoms with van der Waals surface area (Å²) in [6.45, 7) is 2.22. The summed E-state index contributed by atoms with van der Waals surface area (Å²) in [6, 6.07) is 24.6. The number of amides is 2. The van der Waals surface area contributed by atoms with Crippen molar-refractivity contribution < 1.29 is 19.1 Å². The zero-order valence-corrected chi connectivity index (χ0v) is 18.4. The molecule has 6 heteroatoms. The SMILES string of the molecule is CC(CN(C(=O)C1Cc2ccccc2O1)c1ccccc1)NC(=O)C1Cc2ccccc2O1. The van der Waals surface area contributed by atoms with Crippen LogP contribution < -0.4 is 19.7 Å². The van der Waals surface area contributed by atoms with Gasteiger partial charge in [-0.1, -0.05) is 54.6 Å². The minimum atomic E-state index is -0.585. The highest BCUT2D eigenvalue weighted by molar-refractivity contribution is 5.97. The molecule has 0 saturated heterocycles. The number of nitrogens with zero attached hydrogens (tertiary/aromatic N) is 1. The van der Waals surface area contributed by atoms with Crippen molar-refractivity contribution in [2.75, 3.05) is 11.4 Å². The maximum absolute atomic E-state index is 13.5. The molecule has 2 amide bonds. The normalized spacial score (nSPS) is 18.9. The van der Waals surface area contributed by atoms with Crippen LogP contribution in [0.4, 0.5) is 5.69 Å². The van der Waals surface area contributed by atoms with Gasteiger partial charge in [0, 0.05) is 31.1 Å². The Morgan fingerprint density at radius 1 is 0.848 bits per heavy atom. The first kappa shape index (κ1) is 21.1. The average Bonchev–Trinajstić information content (AvgIpc) is 3.47. The van der Waals surface area contributed by atoms with Gasteiger partial charge in [-0.2, -0.15) is 0 Å². The lowest BCUT2D eigenvalue weighted by atomic mass is 10.1. The summed E-state index contributed by atoms with van der Waals surface area (Å²) in [6.07, 6.45) is -0.0612. The van der Waals surface area contributed by atoms with Crippen molar-refractivity contribution in [1.82, 2.24) is 5.32 Å². The van der Waals surface area contributed by atoms with E-state index in [2.05, 4.69) is 5.32 Å². The zero-order valence-electron chi connectivity index (χ0n) is 18.4. The third-order valence-corrected chi connectivity index (χ3v) is 6.04. The smallest absolute Gasteiger partial charge is 0.268 e. The van der Waals surface area contributed by atoms with Gasteiger partial charge in [0.25, 0.3) is 11.8 Å². The number of carbonyl (C=O) groups is 2. The van der Waals surface area contributed by atoms with Crippen molar-refractivity contribution in [2.24, 2.45) is 0 Å². The summed E-state index contributed by atoms with van der Waals surface area (Å²) in [5, 5.41) is 3.02. The number of carbonyl (C=O) groups excluding carboxylic acids is 2. The molecule has 1 N–H and O–H groups in total. The maximum Gasteiger partial charge on any atom is 0.268 e. The predicted molar refractivity (Wildman–Crippen MR) is 126 cm³/mol. The molecule has 33 heavy (non-hydrogen) atoms. The predicted octanol–water partition coefficient (Wildman–Crippen LogP) is 3.53. The molecule has 0 spiro atoms. The first-order valence-electron chi connectivity index (χ1n) is 11.2. The summed E-state index contributed by atoms with van der Waals surface area (Å²) >= 11 is 0. The van der Waals surface area contributed by atoms with Crippen LogP contribution in [0.3, 0.4) is 0 Å². The van der Waals surface area contributed by atoms with Crippen LogP contribution in [-0.4, -0.2) is 36.6 Å². The Kier molecular flexibility index (Phi) is 5.73. The molecule has 0 radical (unpaired) electrons. The Morgan fingerprint density at radius 2 is 1.39 bits per heavy atom. The molecule has 3 atom stereocenters. The third-order valence-electron chi connectivity index (χ3n) is 6.04. The highest BCUT2D eigenvalue weighted by Crippen LogP contribution is 2.30. The van der Waals surface area contributed by atoms with Gasteiger partial charge in [0.15, 0.2) is 12.2 Å². The lowest BCUT2D eigenvalue weighted by molar-refractivity contribution is -0.128. The molecule has 0 saturated carbocycles. The number of ether oxygens (including phenoxy) is 2. The van der Waals surface area contributed by atoms with Crippen LogP contribution in [0.5, 0.6) is 11.5 Å². The highest BCUT2D eigenvalue weighted by atomic mass is 16.5. The molecule has 168 valence electrons. The largest absolute Gasteiger partial charge is 0.480 e. The Hall–Kier alpha value is -3.80. The summed E-state index contributed by atoms with van der Waals surface area (Å²) in [7, 11) is 0. The van der Waals surface area contributed by atoms with Crippen molar-refractivity contribution in [3.8, 4) is 11.5 Å². The second kappa shape index (κ2) is 8.98. The van der Waals surface area contributed by atoms with E-state index in [-0.39, 0.29) is 17.9 Å². The molecule has 0 bridgehead atoms. The molecule has 3 unspecified atom stereocenters. The molecule has 0 aliphatic carbocycles. The van der Waals surface area contributed by atoms with Crippen molar-refractivity contribution in [3.05, 3.63) is 90.0 Å². The van der Waals surface area contributed by atoms with Gasteiger partial charge >= 0.3 is 0 Å². The van der Waals surface area contributed by atoms with Crippen LogP contribution in [0.25, 0.3) is 0 Å². The molecule has 2 aliphatic rings. The van der Waals surface area contributed by atoms with E-state index in [1.807, 2.05) is 85.8 Å². The standard InChI is InChI=1S/C27H26N2O4/c1-18(28-26(30)24-15-19-9-5-7-13-22(19)32-24)17-29(21-11-3-2-4-12-21)27(31)25-16-20-10-6-8-14-23(20)33-25/h2-14,18,24-25H,15-17H2,1H3,(H,28,30). The Bertz CT molecular complexity index is 1110. The fourth-order valence-corrected chi connectivity index (χ4v) is 4.41. The molecule has 0 fully saturated rings. The van der Waals surface area contributed by atoms with Gasteiger partial charge in [-0.25, -0.2) is 0 Å². The number of hydrogen-bond donors (Lipinski definition) is 1. The Morgan fingerprint density at radius 3 is 2.03 bits per heavy atom. The van der Waals surface area contributed by atoms with Gasteiger partial charge in [-0.3, -0.25) is 9.59 Å². The van der Waals surface area contributed by atoms with Gasteiger partial charge in [0.1, 0.15) is 11.5 Å². The van der Waals surface area contributed by atoms with Crippen LogP contribution >= 0.6 is 0 Å². The first-order valence-corrected chi connectivity index (χ1v) is 11.2. The topological polar surface area (TPSA) is 67.9 Å². The van der Waals surface area contributed by atoms with Crippen molar-refractivity contribution in [3.63, 3.8) is 0 Å². The van der Waals surface area contributed by atoms with Crippen LogP contribution in [-0.2, 0) is 22.4 Å². The molecule has 3 aromatic rings. The zero-order chi connectivity index (χ0) is 22.8. The minimum absolute atomic E-state index is 0.122. The fraction of sp³-hybridized carbons (Fsp3) is 0.259. The number of hydrogen-bond acceptors (Lipinski definition) is 4. The first-order chi connectivity index (χ1) is 16.1. The summed E-state index contributed by atoms with van der Waals surface area (Å²) in [5.74, 6) is 1.21. The van der Waals surface area contributed by atoms with Gasteiger partial charge in [-0.15, -0.1) is 0 Å². The number of para-hydroxylation sites is 3. The monoisotopic (exact) mass is 442 g/mol. The summed E-state index contributed by atoms with van der Waals surface area (Å²) < 4.78 is 11.8. The molecule has 2 heterocycles. The number of benzene rings is 3. The molecule has 6 nitrogen and oxygen atoms in total. The van der Waals surface area contributed by atoms with E-state index in [0.717, 1.165) is 28.3 Å². The van der Waals surface area contributed by atoms with E-state index in [0.29, 0.717) is 19.4 Å². The van der Waals surface area contributed by atoms with Crippen molar-refractivity contribution in [2.45, 2.75) is 38.0 Å². The fourth-order valence-electron chi connectivity index (χ4n) is 4.41. The van der Waals surface area contributed by atoms with Crippen LogP contribution in [0, 0.1) is 0 Å². The average molecular weight is 443 g/mol. The van der Waals surface area contributed by atoms with E-state index < -0.39 is 12.2 Å². The van der Waals surface area contributed by atoms with Gasteiger partial charge in [-0.05, 0) is 42.3 Å². The Balaban J connectivity index is 1.27. The van der Waals surface area contributed by atoms with Crippen LogP contribution in [0.1, 0.15) is 18.1 Å². The van der Waals surface area contributed by atoms with E-state index in [4.69, 9.17) is 9.47 Å².